The molecule has 2 amide bonds. The molecule has 1 aliphatic rings. The van der Waals surface area contributed by atoms with Crippen molar-refractivity contribution in [3.63, 3.8) is 0 Å². The maximum Gasteiger partial charge on any atom is 0.260 e. The molecule has 3 aromatic rings. The van der Waals surface area contributed by atoms with Gasteiger partial charge in [0.25, 0.3) is 5.91 Å². The quantitative estimate of drug-likeness (QED) is 0.515. The van der Waals surface area contributed by atoms with Crippen LogP contribution in [0.3, 0.4) is 0 Å². The number of hydrogen-bond donors (Lipinski definition) is 1. The molecule has 0 fully saturated rings. The highest BCUT2D eigenvalue weighted by atomic mass is 16.5. The van der Waals surface area contributed by atoms with Crippen LogP contribution in [-0.2, 0) is 4.79 Å². The van der Waals surface area contributed by atoms with Crippen LogP contribution in [0.5, 0.6) is 11.5 Å². The molecule has 4 rings (SSSR count). The largest absolute Gasteiger partial charge is 0.493 e. The smallest absolute Gasteiger partial charge is 0.260 e. The molecule has 1 heterocycles. The maximum atomic E-state index is 13.4. The molecule has 0 bridgehead atoms. The van der Waals surface area contributed by atoms with Crippen molar-refractivity contribution < 1.29 is 19.1 Å². The van der Waals surface area contributed by atoms with Crippen LogP contribution in [-0.4, -0.2) is 31.6 Å². The van der Waals surface area contributed by atoms with E-state index in [9.17, 15) is 9.59 Å². The van der Waals surface area contributed by atoms with Gasteiger partial charge in [0, 0.05) is 18.3 Å². The molecular formula is C27H28N2O4. The molecule has 0 unspecified atom stereocenters. The van der Waals surface area contributed by atoms with E-state index in [0.717, 1.165) is 10.8 Å². The highest BCUT2D eigenvalue weighted by Crippen LogP contribution is 2.38. The molecule has 0 aromatic heterocycles. The molecule has 170 valence electrons. The second-order valence-corrected chi connectivity index (χ2v) is 8.61. The molecule has 33 heavy (non-hydrogen) atoms. The third kappa shape index (κ3) is 4.29. The fourth-order valence-corrected chi connectivity index (χ4v) is 3.99. The number of benzene rings is 3. The van der Waals surface area contributed by atoms with Crippen molar-refractivity contribution in [3.05, 3.63) is 72.8 Å². The Morgan fingerprint density at radius 1 is 1.21 bits per heavy atom. The molecule has 6 heteroatoms. The Kier molecular flexibility index (Phi) is 6.09. The Balaban J connectivity index is 1.70. The summed E-state index contributed by atoms with van der Waals surface area (Å²) in [4.78, 5) is 28.0. The maximum absolute atomic E-state index is 13.4. The van der Waals surface area contributed by atoms with E-state index in [0.29, 0.717) is 41.6 Å². The summed E-state index contributed by atoms with van der Waals surface area (Å²) in [6, 6.07) is 16.8. The van der Waals surface area contributed by atoms with E-state index in [-0.39, 0.29) is 18.4 Å². The molecule has 0 atom stereocenters. The Bertz CT molecular complexity index is 1230. The van der Waals surface area contributed by atoms with Crippen LogP contribution in [0.1, 0.15) is 31.1 Å². The van der Waals surface area contributed by atoms with Gasteiger partial charge in [-0.05, 0) is 49.7 Å². The van der Waals surface area contributed by atoms with Crippen LogP contribution in [0.15, 0.2) is 67.3 Å². The van der Waals surface area contributed by atoms with Crippen LogP contribution in [0.4, 0.5) is 11.4 Å². The Hall–Kier alpha value is -3.80. The summed E-state index contributed by atoms with van der Waals surface area (Å²) in [5.41, 5.74) is 1.03. The summed E-state index contributed by atoms with van der Waals surface area (Å²) in [6.07, 6.45) is 1.69. The first kappa shape index (κ1) is 22.4. The van der Waals surface area contributed by atoms with Crippen molar-refractivity contribution in [3.8, 4) is 11.5 Å². The first-order valence-electron chi connectivity index (χ1n) is 11.0. The molecule has 0 radical (unpaired) electrons. The van der Waals surface area contributed by atoms with Crippen molar-refractivity contribution in [2.75, 3.05) is 30.0 Å². The van der Waals surface area contributed by atoms with Gasteiger partial charge in [0.1, 0.15) is 18.1 Å². The third-order valence-corrected chi connectivity index (χ3v) is 5.65. The lowest BCUT2D eigenvalue weighted by Crippen LogP contribution is -2.42. The van der Waals surface area contributed by atoms with E-state index in [2.05, 4.69) is 11.9 Å². The number of carbonyl (C=O) groups is 2. The predicted octanol–water partition coefficient (Wildman–Crippen LogP) is 5.43. The van der Waals surface area contributed by atoms with Gasteiger partial charge in [0.2, 0.25) is 5.91 Å². The van der Waals surface area contributed by atoms with Gasteiger partial charge in [0.15, 0.2) is 0 Å². The van der Waals surface area contributed by atoms with Crippen molar-refractivity contribution >= 4 is 34.0 Å². The summed E-state index contributed by atoms with van der Waals surface area (Å²) in [5, 5.41) is 4.75. The number of ether oxygens (including phenoxy) is 2. The van der Waals surface area contributed by atoms with Gasteiger partial charge in [-0.2, -0.15) is 0 Å². The summed E-state index contributed by atoms with van der Waals surface area (Å²) in [5.74, 6) is 0.763. The zero-order chi connectivity index (χ0) is 23.6. The SMILES string of the molecule is C=CCN1C(=O)C(C)(C)COc2cc(NC(=O)c3c(OCC)ccc4ccccc34)ccc21. The summed E-state index contributed by atoms with van der Waals surface area (Å²) in [7, 11) is 0. The van der Waals surface area contributed by atoms with Crippen LogP contribution in [0.25, 0.3) is 10.8 Å². The average molecular weight is 445 g/mol. The lowest BCUT2D eigenvalue weighted by atomic mass is 9.93. The van der Waals surface area contributed by atoms with Crippen LogP contribution >= 0.6 is 0 Å². The molecule has 3 aromatic carbocycles. The zero-order valence-electron chi connectivity index (χ0n) is 19.2. The fraction of sp³-hybridized carbons (Fsp3) is 0.259. The van der Waals surface area contributed by atoms with Gasteiger partial charge in [0.05, 0.1) is 23.3 Å². The van der Waals surface area contributed by atoms with Crippen molar-refractivity contribution in [2.24, 2.45) is 5.41 Å². The van der Waals surface area contributed by atoms with E-state index in [1.807, 2.05) is 57.2 Å². The minimum atomic E-state index is -0.680. The monoisotopic (exact) mass is 444 g/mol. The predicted molar refractivity (Wildman–Crippen MR) is 131 cm³/mol. The normalized spacial score (nSPS) is 14.8. The second kappa shape index (κ2) is 8.98. The standard InChI is InChI=1S/C27H28N2O4/c1-5-15-29-21-13-12-19(16-23(21)33-17-27(3,4)26(29)31)28-25(30)24-20-10-8-7-9-18(20)11-14-22(24)32-6-2/h5,7-14,16H,1,6,15,17H2,2-4H3,(H,28,30). The molecule has 0 saturated heterocycles. The number of rotatable bonds is 6. The number of amides is 2. The average Bonchev–Trinajstić information content (AvgIpc) is 2.89. The Labute approximate surface area is 193 Å². The summed E-state index contributed by atoms with van der Waals surface area (Å²) >= 11 is 0. The first-order valence-corrected chi connectivity index (χ1v) is 11.0. The van der Waals surface area contributed by atoms with Gasteiger partial charge in [-0.15, -0.1) is 6.58 Å². The molecule has 0 aliphatic carbocycles. The number of carbonyl (C=O) groups excluding carboxylic acids is 2. The lowest BCUT2D eigenvalue weighted by molar-refractivity contribution is -0.127. The van der Waals surface area contributed by atoms with Crippen LogP contribution < -0.4 is 19.7 Å². The molecule has 1 aliphatic heterocycles. The number of nitrogens with zero attached hydrogens (tertiary/aromatic N) is 1. The van der Waals surface area contributed by atoms with Crippen LogP contribution in [0, 0.1) is 5.41 Å². The summed E-state index contributed by atoms with van der Waals surface area (Å²) in [6.45, 7) is 10.4. The van der Waals surface area contributed by atoms with E-state index < -0.39 is 5.41 Å². The molecule has 6 nitrogen and oxygen atoms in total. The number of anilines is 2. The van der Waals surface area contributed by atoms with Crippen molar-refractivity contribution in [1.29, 1.82) is 0 Å². The molecular weight excluding hydrogens is 416 g/mol. The van der Waals surface area contributed by atoms with Gasteiger partial charge in [-0.3, -0.25) is 9.59 Å². The first-order chi connectivity index (χ1) is 15.9. The van der Waals surface area contributed by atoms with Gasteiger partial charge in [-0.1, -0.05) is 36.4 Å². The van der Waals surface area contributed by atoms with Crippen molar-refractivity contribution in [1.82, 2.24) is 0 Å². The number of hydrogen-bond acceptors (Lipinski definition) is 4. The summed E-state index contributed by atoms with van der Waals surface area (Å²) < 4.78 is 11.7. The van der Waals surface area contributed by atoms with Gasteiger partial charge >= 0.3 is 0 Å². The Morgan fingerprint density at radius 3 is 2.76 bits per heavy atom. The third-order valence-electron chi connectivity index (χ3n) is 5.65. The molecule has 1 N–H and O–H groups in total. The highest BCUT2D eigenvalue weighted by molar-refractivity contribution is 6.15. The van der Waals surface area contributed by atoms with E-state index in [4.69, 9.17) is 9.47 Å². The number of fused-ring (bicyclic) bond motifs is 2. The van der Waals surface area contributed by atoms with Gasteiger partial charge in [-0.25, -0.2) is 0 Å². The van der Waals surface area contributed by atoms with E-state index in [1.165, 1.54) is 0 Å². The topological polar surface area (TPSA) is 67.9 Å². The second-order valence-electron chi connectivity index (χ2n) is 8.61. The van der Waals surface area contributed by atoms with Crippen LogP contribution in [0.2, 0.25) is 0 Å². The molecule has 0 spiro atoms. The zero-order valence-corrected chi connectivity index (χ0v) is 19.2. The van der Waals surface area contributed by atoms with Gasteiger partial charge < -0.3 is 19.7 Å². The minimum Gasteiger partial charge on any atom is -0.493 e. The van der Waals surface area contributed by atoms with E-state index in [1.54, 1.807) is 29.2 Å². The number of nitrogens with one attached hydrogen (secondary N) is 1. The van der Waals surface area contributed by atoms with E-state index >= 15 is 0 Å². The minimum absolute atomic E-state index is 0.0324. The lowest BCUT2D eigenvalue weighted by Gasteiger charge is -2.27. The Morgan fingerprint density at radius 2 is 2.00 bits per heavy atom. The fourth-order valence-electron chi connectivity index (χ4n) is 3.99. The highest BCUT2D eigenvalue weighted by Gasteiger charge is 2.37. The molecule has 0 saturated carbocycles. The van der Waals surface area contributed by atoms with Crippen molar-refractivity contribution in [2.45, 2.75) is 20.8 Å².